The van der Waals surface area contributed by atoms with Crippen molar-refractivity contribution in [2.45, 2.75) is 39.2 Å². The Kier molecular flexibility index (Phi) is 7.25. The summed E-state index contributed by atoms with van der Waals surface area (Å²) in [7, 11) is 1.60. The Hall–Kier alpha value is -2.08. The summed E-state index contributed by atoms with van der Waals surface area (Å²) >= 11 is 5.28. The van der Waals surface area contributed by atoms with Crippen molar-refractivity contribution in [2.24, 2.45) is 11.8 Å². The monoisotopic (exact) mass is 361 g/mol. The number of thiocarbonyl (C=S) groups is 1. The van der Waals surface area contributed by atoms with Gasteiger partial charge in [0.15, 0.2) is 5.11 Å². The van der Waals surface area contributed by atoms with E-state index in [2.05, 4.69) is 30.0 Å². The number of rotatable bonds is 4. The molecule has 1 amide bonds. The molecule has 6 heteroatoms. The van der Waals surface area contributed by atoms with Crippen LogP contribution in [-0.4, -0.2) is 24.2 Å². The minimum absolute atomic E-state index is 0.278. The van der Waals surface area contributed by atoms with Gasteiger partial charge in [0, 0.05) is 17.7 Å². The molecule has 0 unspecified atom stereocenters. The molecule has 0 aromatic heterocycles. The van der Waals surface area contributed by atoms with E-state index >= 15 is 0 Å². The van der Waals surface area contributed by atoms with Crippen molar-refractivity contribution in [3.63, 3.8) is 0 Å². The lowest BCUT2D eigenvalue weighted by atomic mass is 9.78. The number of hydrogen-bond acceptors (Lipinski definition) is 3. The quantitative estimate of drug-likeness (QED) is 0.437. The third kappa shape index (κ3) is 5.74. The summed E-state index contributed by atoms with van der Waals surface area (Å²) in [6, 6.07) is 7.86. The molecule has 5 nitrogen and oxygen atoms in total. The van der Waals surface area contributed by atoms with Crippen LogP contribution in [0.15, 0.2) is 30.3 Å². The topological polar surface area (TPSA) is 62.4 Å². The summed E-state index contributed by atoms with van der Waals surface area (Å²) in [6.07, 6.45) is 6.73. The Labute approximate surface area is 155 Å². The van der Waals surface area contributed by atoms with E-state index in [1.54, 1.807) is 13.2 Å². The first-order chi connectivity index (χ1) is 12.0. The molecule has 3 N–H and O–H groups in total. The Morgan fingerprint density at radius 3 is 2.76 bits per heavy atom. The highest BCUT2D eigenvalue weighted by Crippen LogP contribution is 2.29. The van der Waals surface area contributed by atoms with Crippen molar-refractivity contribution in [3.8, 4) is 5.75 Å². The van der Waals surface area contributed by atoms with Crippen LogP contribution in [0.25, 0.3) is 6.08 Å². The Bertz CT molecular complexity index is 633. The zero-order valence-electron chi connectivity index (χ0n) is 15.0. The second-order valence-corrected chi connectivity index (χ2v) is 6.95. The van der Waals surface area contributed by atoms with Crippen LogP contribution in [0.4, 0.5) is 0 Å². The molecule has 0 heterocycles. The maximum atomic E-state index is 11.9. The van der Waals surface area contributed by atoms with Gasteiger partial charge in [-0.3, -0.25) is 15.6 Å². The first kappa shape index (κ1) is 19.2. The Balaban J connectivity index is 1.79. The number of amides is 1. The van der Waals surface area contributed by atoms with Crippen molar-refractivity contribution >= 4 is 29.3 Å². The number of nitrogens with one attached hydrogen (secondary N) is 3. The highest BCUT2D eigenvalue weighted by atomic mass is 32.1. The second-order valence-electron chi connectivity index (χ2n) is 6.54. The average molecular weight is 362 g/mol. The molecule has 25 heavy (non-hydrogen) atoms. The molecule has 0 spiro atoms. The van der Waals surface area contributed by atoms with E-state index in [0.717, 1.165) is 17.7 Å². The van der Waals surface area contributed by atoms with Crippen LogP contribution in [-0.2, 0) is 4.79 Å². The third-order valence-electron chi connectivity index (χ3n) is 4.88. The number of ether oxygens (including phenoxy) is 1. The molecule has 0 saturated heterocycles. The maximum absolute atomic E-state index is 11.9. The van der Waals surface area contributed by atoms with Gasteiger partial charge in [-0.05, 0) is 42.6 Å². The summed E-state index contributed by atoms with van der Waals surface area (Å²) in [5, 5.41) is 3.76. The zero-order chi connectivity index (χ0) is 18.2. The van der Waals surface area contributed by atoms with Crippen LogP contribution in [0, 0.1) is 11.8 Å². The first-order valence-electron chi connectivity index (χ1n) is 8.69. The van der Waals surface area contributed by atoms with Crippen LogP contribution >= 0.6 is 12.2 Å². The molecule has 0 aliphatic heterocycles. The van der Waals surface area contributed by atoms with Crippen LogP contribution in [0.1, 0.15) is 38.7 Å². The largest absolute Gasteiger partial charge is 0.496 e. The number of hydrogen-bond donors (Lipinski definition) is 3. The number of carbonyl (C=O) groups excluding carboxylic acids is 1. The lowest BCUT2D eigenvalue weighted by molar-refractivity contribution is -0.116. The smallest absolute Gasteiger partial charge is 0.262 e. The van der Waals surface area contributed by atoms with E-state index in [0.29, 0.717) is 23.0 Å². The van der Waals surface area contributed by atoms with E-state index in [1.807, 2.05) is 24.3 Å². The first-order valence-corrected chi connectivity index (χ1v) is 9.09. The van der Waals surface area contributed by atoms with E-state index < -0.39 is 0 Å². The summed E-state index contributed by atoms with van der Waals surface area (Å²) in [6.45, 7) is 4.53. The highest BCUT2D eigenvalue weighted by molar-refractivity contribution is 7.80. The molecular weight excluding hydrogens is 334 g/mol. The fourth-order valence-corrected chi connectivity index (χ4v) is 3.32. The molecule has 3 atom stereocenters. The van der Waals surface area contributed by atoms with Crippen LogP contribution in [0.3, 0.4) is 0 Å². The molecule has 1 aliphatic rings. The van der Waals surface area contributed by atoms with Gasteiger partial charge in [-0.1, -0.05) is 44.9 Å². The van der Waals surface area contributed by atoms with Gasteiger partial charge in [-0.2, -0.15) is 0 Å². The molecule has 0 bridgehead atoms. The molecule has 136 valence electrons. The highest BCUT2D eigenvalue weighted by Gasteiger charge is 2.27. The van der Waals surface area contributed by atoms with Crippen LogP contribution in [0.2, 0.25) is 0 Å². The van der Waals surface area contributed by atoms with Gasteiger partial charge < -0.3 is 10.1 Å². The molecule has 2 rings (SSSR count). The lowest BCUT2D eigenvalue weighted by Gasteiger charge is -2.35. The standard InChI is InChI=1S/C19H27N3O2S/c1-13-7-6-9-16(14(13)2)20-19(25)22-21-18(23)12-11-15-8-4-5-10-17(15)24-3/h4-5,8,10-14,16H,6-7,9H2,1-3H3,(H,21,23)(H2,20,22,25)/b12-11+/t13-,14+,16+/m0/s1. The molecule has 0 radical (unpaired) electrons. The molecule has 1 saturated carbocycles. The van der Waals surface area contributed by atoms with Gasteiger partial charge in [0.05, 0.1) is 7.11 Å². The summed E-state index contributed by atoms with van der Waals surface area (Å²) in [5.41, 5.74) is 6.19. The molecular formula is C19H27N3O2S. The predicted molar refractivity (Wildman–Crippen MR) is 105 cm³/mol. The number of carbonyl (C=O) groups is 1. The molecule has 1 aromatic carbocycles. The lowest BCUT2D eigenvalue weighted by Crippen LogP contribution is -2.52. The van der Waals surface area contributed by atoms with E-state index in [-0.39, 0.29) is 5.91 Å². The number of para-hydroxylation sites is 1. The van der Waals surface area contributed by atoms with E-state index in [4.69, 9.17) is 17.0 Å². The normalized spacial score (nSPS) is 23.1. The van der Waals surface area contributed by atoms with Crippen molar-refractivity contribution in [1.29, 1.82) is 0 Å². The van der Waals surface area contributed by atoms with E-state index in [9.17, 15) is 4.79 Å². The Morgan fingerprint density at radius 2 is 2.00 bits per heavy atom. The van der Waals surface area contributed by atoms with Crippen LogP contribution in [0.5, 0.6) is 5.75 Å². The summed E-state index contributed by atoms with van der Waals surface area (Å²) < 4.78 is 5.25. The Morgan fingerprint density at radius 1 is 1.24 bits per heavy atom. The summed E-state index contributed by atoms with van der Waals surface area (Å²) in [4.78, 5) is 11.9. The minimum Gasteiger partial charge on any atom is -0.496 e. The van der Waals surface area contributed by atoms with Gasteiger partial charge in [-0.15, -0.1) is 0 Å². The second kappa shape index (κ2) is 9.42. The van der Waals surface area contributed by atoms with Gasteiger partial charge in [-0.25, -0.2) is 0 Å². The van der Waals surface area contributed by atoms with Crippen molar-refractivity contribution < 1.29 is 9.53 Å². The van der Waals surface area contributed by atoms with Crippen LogP contribution < -0.4 is 20.9 Å². The zero-order valence-corrected chi connectivity index (χ0v) is 15.9. The van der Waals surface area contributed by atoms with Crippen molar-refractivity contribution in [1.82, 2.24) is 16.2 Å². The van der Waals surface area contributed by atoms with Gasteiger partial charge in [0.1, 0.15) is 5.75 Å². The fraction of sp³-hybridized carbons (Fsp3) is 0.474. The third-order valence-corrected chi connectivity index (χ3v) is 5.10. The van der Waals surface area contributed by atoms with E-state index in [1.165, 1.54) is 18.9 Å². The molecule has 1 aliphatic carbocycles. The summed E-state index contributed by atoms with van der Waals surface area (Å²) in [5.74, 6) is 1.69. The fourth-order valence-electron chi connectivity index (χ4n) is 3.12. The minimum atomic E-state index is -0.278. The SMILES string of the molecule is COc1ccccc1/C=C/C(=O)NNC(=S)N[C@@H]1CCC[C@H](C)[C@H]1C. The number of benzene rings is 1. The molecule has 1 aromatic rings. The average Bonchev–Trinajstić information content (AvgIpc) is 2.62. The number of hydrazine groups is 1. The maximum Gasteiger partial charge on any atom is 0.262 e. The van der Waals surface area contributed by atoms with Crippen molar-refractivity contribution in [3.05, 3.63) is 35.9 Å². The predicted octanol–water partition coefficient (Wildman–Crippen LogP) is 3.03. The number of methoxy groups -OCH3 is 1. The van der Waals surface area contributed by atoms with Gasteiger partial charge >= 0.3 is 0 Å². The molecule has 1 fully saturated rings. The van der Waals surface area contributed by atoms with Gasteiger partial charge in [0.25, 0.3) is 5.91 Å². The van der Waals surface area contributed by atoms with Crippen molar-refractivity contribution in [2.75, 3.05) is 7.11 Å². The van der Waals surface area contributed by atoms with Gasteiger partial charge in [0.2, 0.25) is 0 Å².